The summed E-state index contributed by atoms with van der Waals surface area (Å²) in [6.45, 7) is 3.75. The van der Waals surface area contributed by atoms with Gasteiger partial charge < -0.3 is 20.1 Å². The average molecular weight is 319 g/mol. The van der Waals surface area contributed by atoms with Gasteiger partial charge in [-0.15, -0.1) is 12.4 Å². The monoisotopic (exact) mass is 318 g/mol. The lowest BCUT2D eigenvalue weighted by Gasteiger charge is -2.19. The zero-order valence-electron chi connectivity index (χ0n) is 12.5. The zero-order valence-corrected chi connectivity index (χ0v) is 13.4. The Balaban J connectivity index is 0.00000161. The van der Waals surface area contributed by atoms with Crippen LogP contribution >= 0.6 is 12.4 Å². The summed E-state index contributed by atoms with van der Waals surface area (Å²) in [5, 5.41) is 0. The molecule has 2 aliphatic heterocycles. The van der Waals surface area contributed by atoms with Gasteiger partial charge in [-0.3, -0.25) is 4.79 Å². The molecule has 3 aliphatic rings. The van der Waals surface area contributed by atoms with Crippen LogP contribution in [0.1, 0.15) is 32.1 Å². The standard InChI is InChI=1S/C15H26N2O3.ClH/c16-14-4-3-11-8-17(9-13(11)14)15(18)5-7-19-10-12-2-1-6-20-12;/h11-14H,1-10,16H2;1H. The Morgan fingerprint density at radius 2 is 2.14 bits per heavy atom. The third-order valence-corrected chi connectivity index (χ3v) is 5.05. The first kappa shape index (κ1) is 17.0. The molecule has 0 radical (unpaired) electrons. The van der Waals surface area contributed by atoms with Crippen molar-refractivity contribution in [2.75, 3.05) is 32.9 Å². The molecule has 1 aliphatic carbocycles. The van der Waals surface area contributed by atoms with Gasteiger partial charge in [-0.25, -0.2) is 0 Å². The second kappa shape index (κ2) is 7.77. The molecule has 0 aromatic rings. The number of hydrogen-bond donors (Lipinski definition) is 1. The van der Waals surface area contributed by atoms with Gasteiger partial charge >= 0.3 is 0 Å². The summed E-state index contributed by atoms with van der Waals surface area (Å²) >= 11 is 0. The summed E-state index contributed by atoms with van der Waals surface area (Å²) in [5.41, 5.74) is 6.10. The topological polar surface area (TPSA) is 64.8 Å². The molecule has 0 bridgehead atoms. The first-order chi connectivity index (χ1) is 9.74. The maximum absolute atomic E-state index is 12.2. The van der Waals surface area contributed by atoms with Crippen LogP contribution in [-0.4, -0.2) is 55.9 Å². The van der Waals surface area contributed by atoms with Crippen LogP contribution in [0.2, 0.25) is 0 Å². The van der Waals surface area contributed by atoms with E-state index in [-0.39, 0.29) is 24.4 Å². The van der Waals surface area contributed by atoms with Gasteiger partial charge in [-0.1, -0.05) is 0 Å². The Hall–Kier alpha value is -0.360. The number of hydrogen-bond acceptors (Lipinski definition) is 4. The first-order valence-corrected chi connectivity index (χ1v) is 7.96. The van der Waals surface area contributed by atoms with Crippen molar-refractivity contribution in [2.45, 2.75) is 44.2 Å². The van der Waals surface area contributed by atoms with E-state index in [0.29, 0.717) is 37.5 Å². The Labute approximate surface area is 132 Å². The SMILES string of the molecule is Cl.NC1CCC2CN(C(=O)CCOCC3CCCO3)CC12. The van der Waals surface area contributed by atoms with Crippen LogP contribution in [0, 0.1) is 11.8 Å². The number of halogens is 1. The summed E-state index contributed by atoms with van der Waals surface area (Å²) in [6.07, 6.45) is 5.26. The Kier molecular flexibility index (Phi) is 6.29. The lowest BCUT2D eigenvalue weighted by molar-refractivity contribution is -0.131. The Bertz CT molecular complexity index is 350. The van der Waals surface area contributed by atoms with Crippen molar-refractivity contribution >= 4 is 18.3 Å². The molecule has 2 saturated heterocycles. The van der Waals surface area contributed by atoms with Gasteiger partial charge in [0.1, 0.15) is 0 Å². The molecule has 3 fully saturated rings. The van der Waals surface area contributed by atoms with Gasteiger partial charge in [0.2, 0.25) is 5.91 Å². The van der Waals surface area contributed by atoms with E-state index >= 15 is 0 Å². The van der Waals surface area contributed by atoms with Crippen LogP contribution in [0.15, 0.2) is 0 Å². The highest BCUT2D eigenvalue weighted by Gasteiger charge is 2.42. The highest BCUT2D eigenvalue weighted by atomic mass is 35.5. The van der Waals surface area contributed by atoms with Crippen molar-refractivity contribution < 1.29 is 14.3 Å². The van der Waals surface area contributed by atoms with Crippen molar-refractivity contribution in [3.05, 3.63) is 0 Å². The molecule has 3 rings (SSSR count). The molecule has 4 unspecified atom stereocenters. The van der Waals surface area contributed by atoms with Gasteiger partial charge in [0.25, 0.3) is 0 Å². The van der Waals surface area contributed by atoms with Crippen molar-refractivity contribution in [3.8, 4) is 0 Å². The highest BCUT2D eigenvalue weighted by Crippen LogP contribution is 2.37. The lowest BCUT2D eigenvalue weighted by Crippen LogP contribution is -2.34. The van der Waals surface area contributed by atoms with Crippen LogP contribution in [0.25, 0.3) is 0 Å². The number of ether oxygens (including phenoxy) is 2. The van der Waals surface area contributed by atoms with E-state index in [9.17, 15) is 4.79 Å². The number of likely N-dealkylation sites (tertiary alicyclic amines) is 1. The second-order valence-corrected chi connectivity index (χ2v) is 6.42. The molecule has 0 aromatic carbocycles. The third kappa shape index (κ3) is 4.09. The summed E-state index contributed by atoms with van der Waals surface area (Å²) in [5.74, 6) is 1.40. The number of fused-ring (bicyclic) bond motifs is 1. The third-order valence-electron chi connectivity index (χ3n) is 5.05. The predicted molar refractivity (Wildman–Crippen MR) is 82.4 cm³/mol. The van der Waals surface area contributed by atoms with Gasteiger partial charge in [-0.05, 0) is 37.5 Å². The molecular formula is C15H27ClN2O3. The molecular weight excluding hydrogens is 292 g/mol. The van der Waals surface area contributed by atoms with E-state index in [0.717, 1.165) is 39.0 Å². The molecule has 4 atom stereocenters. The summed E-state index contributed by atoms with van der Waals surface area (Å²) in [4.78, 5) is 14.1. The molecule has 1 amide bonds. The second-order valence-electron chi connectivity index (χ2n) is 6.42. The van der Waals surface area contributed by atoms with Crippen molar-refractivity contribution in [1.29, 1.82) is 0 Å². The molecule has 0 aromatic heterocycles. The fourth-order valence-electron chi connectivity index (χ4n) is 3.82. The van der Waals surface area contributed by atoms with E-state index in [4.69, 9.17) is 15.2 Å². The quantitative estimate of drug-likeness (QED) is 0.773. The van der Waals surface area contributed by atoms with Crippen LogP contribution in [-0.2, 0) is 14.3 Å². The minimum absolute atomic E-state index is 0. The zero-order chi connectivity index (χ0) is 13.9. The minimum Gasteiger partial charge on any atom is -0.378 e. The predicted octanol–water partition coefficient (Wildman–Crippen LogP) is 1.19. The number of carbonyl (C=O) groups excluding carboxylic acids is 1. The molecule has 0 spiro atoms. The Morgan fingerprint density at radius 1 is 1.29 bits per heavy atom. The van der Waals surface area contributed by atoms with E-state index in [1.807, 2.05) is 4.90 Å². The molecule has 1 saturated carbocycles. The fourth-order valence-corrected chi connectivity index (χ4v) is 3.82. The van der Waals surface area contributed by atoms with E-state index in [1.54, 1.807) is 0 Å². The molecule has 21 heavy (non-hydrogen) atoms. The van der Waals surface area contributed by atoms with Crippen LogP contribution in [0.3, 0.4) is 0 Å². The minimum atomic E-state index is 0. The number of nitrogens with two attached hydrogens (primary N) is 1. The van der Waals surface area contributed by atoms with E-state index in [2.05, 4.69) is 0 Å². The molecule has 122 valence electrons. The number of rotatable bonds is 5. The summed E-state index contributed by atoms with van der Waals surface area (Å²) in [6, 6.07) is 0.300. The van der Waals surface area contributed by atoms with Crippen molar-refractivity contribution in [3.63, 3.8) is 0 Å². The van der Waals surface area contributed by atoms with Crippen LogP contribution in [0.5, 0.6) is 0 Å². The number of nitrogens with zero attached hydrogens (tertiary/aromatic N) is 1. The Morgan fingerprint density at radius 3 is 2.86 bits per heavy atom. The van der Waals surface area contributed by atoms with Gasteiger partial charge in [-0.2, -0.15) is 0 Å². The summed E-state index contributed by atoms with van der Waals surface area (Å²) < 4.78 is 11.1. The van der Waals surface area contributed by atoms with E-state index in [1.165, 1.54) is 6.42 Å². The van der Waals surface area contributed by atoms with Crippen LogP contribution in [0.4, 0.5) is 0 Å². The summed E-state index contributed by atoms with van der Waals surface area (Å²) in [7, 11) is 0. The van der Waals surface area contributed by atoms with Crippen molar-refractivity contribution in [2.24, 2.45) is 17.6 Å². The van der Waals surface area contributed by atoms with Crippen LogP contribution < -0.4 is 5.73 Å². The fraction of sp³-hybridized carbons (Fsp3) is 0.933. The van der Waals surface area contributed by atoms with Gasteiger partial charge in [0.05, 0.1) is 25.7 Å². The molecule has 2 heterocycles. The maximum atomic E-state index is 12.2. The number of amides is 1. The largest absolute Gasteiger partial charge is 0.378 e. The number of carbonyl (C=O) groups is 1. The maximum Gasteiger partial charge on any atom is 0.224 e. The molecule has 6 heteroatoms. The molecule has 5 nitrogen and oxygen atoms in total. The first-order valence-electron chi connectivity index (χ1n) is 7.96. The normalized spacial score (nSPS) is 34.8. The molecule has 2 N–H and O–H groups in total. The van der Waals surface area contributed by atoms with Gasteiger partial charge in [0, 0.05) is 25.7 Å². The van der Waals surface area contributed by atoms with Crippen molar-refractivity contribution in [1.82, 2.24) is 4.90 Å². The van der Waals surface area contributed by atoms with E-state index < -0.39 is 0 Å². The highest BCUT2D eigenvalue weighted by molar-refractivity contribution is 5.85. The lowest BCUT2D eigenvalue weighted by atomic mass is 9.98. The van der Waals surface area contributed by atoms with Gasteiger partial charge in [0.15, 0.2) is 0 Å². The smallest absolute Gasteiger partial charge is 0.224 e. The average Bonchev–Trinajstić information content (AvgIpc) is 3.13.